The third-order valence-corrected chi connectivity index (χ3v) is 15.2. The van der Waals surface area contributed by atoms with Gasteiger partial charge in [0.2, 0.25) is 0 Å². The van der Waals surface area contributed by atoms with Crippen molar-refractivity contribution in [1.82, 2.24) is 0 Å². The molecule has 0 aromatic heterocycles. The highest BCUT2D eigenvalue weighted by molar-refractivity contribution is 8.03. The second-order valence-electron chi connectivity index (χ2n) is 16.9. The molecule has 318 valence electrons. The maximum Gasteiger partial charge on any atom is 0.0344 e. The lowest BCUT2D eigenvalue weighted by atomic mass is 10.1. The van der Waals surface area contributed by atoms with Crippen molar-refractivity contribution in [3.8, 4) is 0 Å². The van der Waals surface area contributed by atoms with Gasteiger partial charge in [-0.05, 0) is 48.7 Å². The molecular formula is C51H96S3. The summed E-state index contributed by atoms with van der Waals surface area (Å²) in [5.41, 5.74) is 0. The minimum atomic E-state index is 1.29. The van der Waals surface area contributed by atoms with Crippen LogP contribution < -0.4 is 0 Å². The van der Waals surface area contributed by atoms with E-state index in [1.807, 2.05) is 0 Å². The fraction of sp³-hybridized carbons (Fsp3) is 0.882. The predicted octanol–water partition coefficient (Wildman–Crippen LogP) is 20.2. The summed E-state index contributed by atoms with van der Waals surface area (Å²) < 4.78 is 0. The van der Waals surface area contributed by atoms with Crippen LogP contribution >= 0.6 is 35.3 Å². The molecule has 0 unspecified atom stereocenters. The van der Waals surface area contributed by atoms with Gasteiger partial charge < -0.3 is 0 Å². The fourth-order valence-corrected chi connectivity index (χ4v) is 11.5. The number of thioether (sulfide) groups is 3. The number of rotatable bonds is 45. The number of unbranched alkanes of at least 4 members (excludes halogenated alkanes) is 36. The lowest BCUT2D eigenvalue weighted by Crippen LogP contribution is -1.91. The Kier molecular flexibility index (Phi) is 43.0. The maximum atomic E-state index is 2.44. The molecule has 0 amide bonds. The van der Waals surface area contributed by atoms with Crippen molar-refractivity contribution < 1.29 is 0 Å². The Labute approximate surface area is 354 Å². The van der Waals surface area contributed by atoms with Crippen LogP contribution in [-0.2, 0) is 0 Å². The monoisotopic (exact) mass is 805 g/mol. The highest BCUT2D eigenvalue weighted by Gasteiger charge is 2.11. The largest absolute Gasteiger partial charge is 0.125 e. The highest BCUT2D eigenvalue weighted by Crippen LogP contribution is 2.40. The zero-order valence-electron chi connectivity index (χ0n) is 37.2. The van der Waals surface area contributed by atoms with Crippen molar-refractivity contribution in [2.24, 2.45) is 0 Å². The molecule has 0 spiro atoms. The smallest absolute Gasteiger partial charge is 0.0344 e. The van der Waals surface area contributed by atoms with Gasteiger partial charge in [0.15, 0.2) is 0 Å². The molecule has 1 aromatic rings. The number of benzene rings is 1. The topological polar surface area (TPSA) is 0 Å². The molecule has 0 aliphatic rings. The summed E-state index contributed by atoms with van der Waals surface area (Å²) in [7, 11) is 0. The molecule has 1 rings (SSSR count). The molecule has 0 atom stereocenters. The van der Waals surface area contributed by atoms with E-state index >= 15 is 0 Å². The molecule has 0 heterocycles. The van der Waals surface area contributed by atoms with Crippen LogP contribution in [0.15, 0.2) is 32.9 Å². The Morgan fingerprint density at radius 2 is 0.463 bits per heavy atom. The van der Waals surface area contributed by atoms with E-state index in [0.717, 1.165) is 0 Å². The van der Waals surface area contributed by atoms with Crippen LogP contribution in [0, 0.1) is 0 Å². The molecule has 0 fully saturated rings. The van der Waals surface area contributed by atoms with E-state index in [9.17, 15) is 0 Å². The molecule has 0 saturated heterocycles. The van der Waals surface area contributed by atoms with Crippen LogP contribution in [0.3, 0.4) is 0 Å². The first kappa shape index (κ1) is 52.3. The summed E-state index contributed by atoms with van der Waals surface area (Å²) >= 11 is 6.51. The summed E-state index contributed by atoms with van der Waals surface area (Å²) in [6.07, 6.45) is 56.2. The minimum Gasteiger partial charge on any atom is -0.125 e. The van der Waals surface area contributed by atoms with E-state index in [1.54, 1.807) is 14.7 Å². The third-order valence-electron chi connectivity index (χ3n) is 11.4. The normalized spacial score (nSPS) is 11.6. The summed E-state index contributed by atoms with van der Waals surface area (Å²) in [5.74, 6) is 3.87. The second kappa shape index (κ2) is 44.4. The van der Waals surface area contributed by atoms with Gasteiger partial charge in [0.05, 0.1) is 0 Å². The van der Waals surface area contributed by atoms with Crippen molar-refractivity contribution in [2.75, 3.05) is 17.3 Å². The molecule has 0 bridgehead atoms. The predicted molar refractivity (Wildman–Crippen MR) is 256 cm³/mol. The molecule has 0 aliphatic heterocycles. The van der Waals surface area contributed by atoms with E-state index in [4.69, 9.17) is 0 Å². The lowest BCUT2D eigenvalue weighted by molar-refractivity contribution is 0.543. The van der Waals surface area contributed by atoms with Gasteiger partial charge in [-0.2, -0.15) is 0 Å². The molecule has 1 aromatic carbocycles. The molecule has 0 nitrogen and oxygen atoms in total. The van der Waals surface area contributed by atoms with E-state index < -0.39 is 0 Å². The van der Waals surface area contributed by atoms with E-state index in [0.29, 0.717) is 0 Å². The number of hydrogen-bond donors (Lipinski definition) is 0. The molecule has 54 heavy (non-hydrogen) atoms. The van der Waals surface area contributed by atoms with Crippen molar-refractivity contribution in [2.45, 2.75) is 286 Å². The van der Waals surface area contributed by atoms with E-state index in [-0.39, 0.29) is 0 Å². The van der Waals surface area contributed by atoms with Gasteiger partial charge in [-0.15, -0.1) is 35.3 Å². The average Bonchev–Trinajstić information content (AvgIpc) is 3.18. The van der Waals surface area contributed by atoms with Crippen LogP contribution in [0.25, 0.3) is 0 Å². The zero-order chi connectivity index (χ0) is 38.7. The highest BCUT2D eigenvalue weighted by atomic mass is 32.2. The van der Waals surface area contributed by atoms with Crippen LogP contribution in [0.2, 0.25) is 0 Å². The average molecular weight is 806 g/mol. The minimum absolute atomic E-state index is 1.29. The first-order valence-corrected chi connectivity index (χ1v) is 27.8. The van der Waals surface area contributed by atoms with Crippen molar-refractivity contribution in [3.63, 3.8) is 0 Å². The fourth-order valence-electron chi connectivity index (χ4n) is 7.76. The first-order valence-electron chi connectivity index (χ1n) is 24.8. The van der Waals surface area contributed by atoms with Crippen molar-refractivity contribution >= 4 is 35.3 Å². The van der Waals surface area contributed by atoms with Gasteiger partial charge >= 0.3 is 0 Å². The van der Waals surface area contributed by atoms with Crippen molar-refractivity contribution in [3.05, 3.63) is 18.2 Å². The van der Waals surface area contributed by atoms with Gasteiger partial charge in [-0.3, -0.25) is 0 Å². The quantitative estimate of drug-likeness (QED) is 0.0476. The summed E-state index contributed by atoms with van der Waals surface area (Å²) in [6.45, 7) is 6.95. The molecule has 3 heteroatoms. The van der Waals surface area contributed by atoms with E-state index in [1.165, 1.54) is 268 Å². The van der Waals surface area contributed by atoms with Gasteiger partial charge in [-0.1, -0.05) is 258 Å². The molecule has 0 N–H and O–H groups in total. The van der Waals surface area contributed by atoms with Crippen LogP contribution in [0.4, 0.5) is 0 Å². The van der Waals surface area contributed by atoms with Gasteiger partial charge in [-0.25, -0.2) is 0 Å². The molecular weight excluding hydrogens is 709 g/mol. The van der Waals surface area contributed by atoms with E-state index in [2.05, 4.69) is 74.3 Å². The molecule has 0 aliphatic carbocycles. The van der Waals surface area contributed by atoms with Gasteiger partial charge in [0.1, 0.15) is 0 Å². The zero-order valence-corrected chi connectivity index (χ0v) is 39.6. The van der Waals surface area contributed by atoms with Crippen LogP contribution in [0.5, 0.6) is 0 Å². The van der Waals surface area contributed by atoms with Gasteiger partial charge in [0, 0.05) is 14.7 Å². The van der Waals surface area contributed by atoms with Gasteiger partial charge in [0.25, 0.3) is 0 Å². The first-order chi connectivity index (χ1) is 26.8. The van der Waals surface area contributed by atoms with Crippen LogP contribution in [-0.4, -0.2) is 17.3 Å². The second-order valence-corrected chi connectivity index (χ2v) is 20.2. The Bertz CT molecular complexity index is 803. The lowest BCUT2D eigenvalue weighted by Gasteiger charge is -2.14. The Balaban J connectivity index is 2.33. The summed E-state index contributed by atoms with van der Waals surface area (Å²) in [4.78, 5) is 4.77. The maximum absolute atomic E-state index is 2.44. The summed E-state index contributed by atoms with van der Waals surface area (Å²) in [5, 5.41) is 0. The number of hydrogen-bond acceptors (Lipinski definition) is 3. The Morgan fingerprint density at radius 3 is 0.704 bits per heavy atom. The van der Waals surface area contributed by atoms with Crippen molar-refractivity contribution in [1.29, 1.82) is 0 Å². The standard InChI is InChI=1S/C51H96S3/c1-4-7-10-13-16-19-22-25-28-31-34-37-40-46-52-49-44-43-45-50(53-47-41-38-35-32-29-26-23-20-17-14-11-8-5-2)51(49)54-48-42-39-36-33-30-27-24-21-18-15-12-9-6-3/h43-45H,4-42,46-48H2,1-3H3. The Morgan fingerprint density at radius 1 is 0.259 bits per heavy atom. The molecule has 0 radical (unpaired) electrons. The van der Waals surface area contributed by atoms with Crippen LogP contribution in [0.1, 0.15) is 271 Å². The molecule has 0 saturated carbocycles. The SMILES string of the molecule is CCCCCCCCCCCCCCCSc1cccc(SCCCCCCCCCCCCCCC)c1SCCCCCCCCCCCCCCC. The summed E-state index contributed by atoms with van der Waals surface area (Å²) in [6, 6.07) is 7.23. The Hall–Kier alpha value is 0.270. The third kappa shape index (κ3) is 35.4.